The summed E-state index contributed by atoms with van der Waals surface area (Å²) >= 11 is 0. The Bertz CT molecular complexity index is 1190. The van der Waals surface area contributed by atoms with Gasteiger partial charge < -0.3 is 19.6 Å². The topological polar surface area (TPSA) is 113 Å². The Labute approximate surface area is 211 Å². The smallest absolute Gasteiger partial charge is 0.295 e. The van der Waals surface area contributed by atoms with Gasteiger partial charge in [0.2, 0.25) is 0 Å². The number of benzene rings is 2. The summed E-state index contributed by atoms with van der Waals surface area (Å²) in [7, 11) is 3.81. The Morgan fingerprint density at radius 1 is 1.19 bits per heavy atom. The van der Waals surface area contributed by atoms with Gasteiger partial charge in [0.25, 0.3) is 17.4 Å². The molecule has 0 spiro atoms. The van der Waals surface area contributed by atoms with Crippen LogP contribution in [-0.4, -0.2) is 65.3 Å². The Balaban J connectivity index is 2.10. The van der Waals surface area contributed by atoms with E-state index in [-0.39, 0.29) is 23.6 Å². The minimum absolute atomic E-state index is 0.0794. The van der Waals surface area contributed by atoms with Gasteiger partial charge in [-0.1, -0.05) is 26.0 Å². The average molecular weight is 496 g/mol. The number of nitro groups is 1. The van der Waals surface area contributed by atoms with E-state index >= 15 is 0 Å². The zero-order valence-electron chi connectivity index (χ0n) is 21.4. The number of ketones is 1. The lowest BCUT2D eigenvalue weighted by molar-refractivity contribution is -0.384. The first-order valence-electron chi connectivity index (χ1n) is 11.9. The number of hydrogen-bond donors (Lipinski definition) is 1. The number of Topliss-reactive ketones (excluding diaryl/α,β-unsaturated/α-hetero) is 1. The van der Waals surface area contributed by atoms with Crippen LogP contribution in [-0.2, 0) is 9.59 Å². The van der Waals surface area contributed by atoms with E-state index < -0.39 is 22.7 Å². The third-order valence-electron chi connectivity index (χ3n) is 5.98. The number of non-ortho nitro benzene ring substituents is 1. The number of aliphatic hydroxyl groups is 1. The van der Waals surface area contributed by atoms with Gasteiger partial charge in [0, 0.05) is 24.2 Å². The lowest BCUT2D eigenvalue weighted by Crippen LogP contribution is -2.32. The largest absolute Gasteiger partial charge is 0.507 e. The molecule has 192 valence electrons. The monoisotopic (exact) mass is 495 g/mol. The van der Waals surface area contributed by atoms with E-state index in [1.807, 2.05) is 32.8 Å². The van der Waals surface area contributed by atoms with Crippen LogP contribution in [0.1, 0.15) is 43.0 Å². The standard InChI is InChI=1S/C27H33N3O6/c1-17(2)16-36-21-10-11-22(18(3)14-21)25(31)23-24(19-8-6-9-20(15-19)30(34)35)29(27(33)26(23)32)13-7-12-28(4)5/h6,8-11,14-15,17,24,31H,7,12-13,16H2,1-5H3. The maximum Gasteiger partial charge on any atom is 0.295 e. The number of ether oxygens (including phenoxy) is 1. The van der Waals surface area contributed by atoms with Crippen LogP contribution in [0.4, 0.5) is 5.69 Å². The van der Waals surface area contributed by atoms with Crippen molar-refractivity contribution in [2.45, 2.75) is 33.2 Å². The van der Waals surface area contributed by atoms with Crippen LogP contribution in [0, 0.1) is 23.0 Å². The second kappa shape index (κ2) is 11.3. The molecule has 2 aromatic carbocycles. The van der Waals surface area contributed by atoms with Gasteiger partial charge in [-0.25, -0.2) is 0 Å². The highest BCUT2D eigenvalue weighted by Crippen LogP contribution is 2.41. The van der Waals surface area contributed by atoms with E-state index in [4.69, 9.17) is 4.74 Å². The van der Waals surface area contributed by atoms with Gasteiger partial charge in [0.15, 0.2) is 0 Å². The highest BCUT2D eigenvalue weighted by molar-refractivity contribution is 6.46. The van der Waals surface area contributed by atoms with Crippen LogP contribution < -0.4 is 4.74 Å². The van der Waals surface area contributed by atoms with E-state index in [0.717, 1.165) is 0 Å². The molecule has 36 heavy (non-hydrogen) atoms. The first kappa shape index (κ1) is 26.9. The molecule has 1 aliphatic rings. The molecule has 1 saturated heterocycles. The molecule has 0 aromatic heterocycles. The van der Waals surface area contributed by atoms with Gasteiger partial charge in [-0.2, -0.15) is 0 Å². The Morgan fingerprint density at radius 3 is 2.53 bits per heavy atom. The summed E-state index contributed by atoms with van der Waals surface area (Å²) in [6.07, 6.45) is 0.590. The van der Waals surface area contributed by atoms with E-state index in [1.165, 1.54) is 23.1 Å². The lowest BCUT2D eigenvalue weighted by atomic mass is 9.93. The Hall–Kier alpha value is -3.72. The predicted molar refractivity (Wildman–Crippen MR) is 137 cm³/mol. The van der Waals surface area contributed by atoms with Crippen molar-refractivity contribution in [2.24, 2.45) is 5.92 Å². The molecule has 1 atom stereocenters. The van der Waals surface area contributed by atoms with E-state index in [1.54, 1.807) is 31.2 Å². The van der Waals surface area contributed by atoms with Crippen molar-refractivity contribution in [3.8, 4) is 5.75 Å². The second-order valence-corrected chi connectivity index (χ2v) is 9.68. The quantitative estimate of drug-likeness (QED) is 0.172. The molecule has 0 saturated carbocycles. The summed E-state index contributed by atoms with van der Waals surface area (Å²) in [5.41, 5.74) is 1.22. The first-order chi connectivity index (χ1) is 17.0. The van der Waals surface area contributed by atoms with Crippen LogP contribution in [0.2, 0.25) is 0 Å². The molecular formula is C27H33N3O6. The lowest BCUT2D eigenvalue weighted by Gasteiger charge is -2.26. The van der Waals surface area contributed by atoms with E-state index in [9.17, 15) is 24.8 Å². The summed E-state index contributed by atoms with van der Waals surface area (Å²) in [4.78, 5) is 40.5. The van der Waals surface area contributed by atoms with Gasteiger partial charge >= 0.3 is 0 Å². The third-order valence-corrected chi connectivity index (χ3v) is 5.98. The predicted octanol–water partition coefficient (Wildman–Crippen LogP) is 4.31. The molecule has 3 rings (SSSR count). The van der Waals surface area contributed by atoms with Crippen LogP contribution in [0.5, 0.6) is 5.75 Å². The minimum atomic E-state index is -0.941. The highest BCUT2D eigenvalue weighted by Gasteiger charge is 2.46. The summed E-state index contributed by atoms with van der Waals surface area (Å²) < 4.78 is 5.76. The van der Waals surface area contributed by atoms with Gasteiger partial charge in [-0.05, 0) is 69.2 Å². The molecule has 1 amide bonds. The minimum Gasteiger partial charge on any atom is -0.507 e. The fraction of sp³-hybridized carbons (Fsp3) is 0.407. The maximum atomic E-state index is 13.2. The van der Waals surface area contributed by atoms with E-state index in [2.05, 4.69) is 0 Å². The number of amides is 1. The van der Waals surface area contributed by atoms with Gasteiger partial charge in [-0.15, -0.1) is 0 Å². The SMILES string of the molecule is Cc1cc(OCC(C)C)ccc1C(O)=C1C(=O)C(=O)N(CCCN(C)C)C1c1cccc([N+](=O)[O-])c1. The molecule has 9 heteroatoms. The van der Waals surface area contributed by atoms with Gasteiger partial charge in [-0.3, -0.25) is 19.7 Å². The van der Waals surface area contributed by atoms with Crippen LogP contribution in [0.25, 0.3) is 5.76 Å². The van der Waals surface area contributed by atoms with Crippen LogP contribution in [0.15, 0.2) is 48.0 Å². The molecule has 1 unspecified atom stereocenters. The van der Waals surface area contributed by atoms with Crippen LogP contribution in [0.3, 0.4) is 0 Å². The number of aliphatic hydroxyl groups excluding tert-OH is 1. The zero-order chi connectivity index (χ0) is 26.6. The fourth-order valence-corrected chi connectivity index (χ4v) is 4.22. The molecule has 2 aromatic rings. The number of hydrogen-bond acceptors (Lipinski definition) is 7. The molecule has 1 heterocycles. The summed E-state index contributed by atoms with van der Waals surface area (Å²) in [5, 5.41) is 22.8. The summed E-state index contributed by atoms with van der Waals surface area (Å²) in [6.45, 7) is 7.34. The Morgan fingerprint density at radius 2 is 1.92 bits per heavy atom. The van der Waals surface area contributed by atoms with Crippen molar-refractivity contribution in [1.82, 2.24) is 9.80 Å². The molecule has 0 aliphatic carbocycles. The summed E-state index contributed by atoms with van der Waals surface area (Å²) in [6, 6.07) is 10.0. The first-order valence-corrected chi connectivity index (χ1v) is 11.9. The molecule has 0 radical (unpaired) electrons. The molecule has 0 bridgehead atoms. The molecule has 1 fully saturated rings. The Kier molecular flexibility index (Phi) is 8.47. The molecule has 1 N–H and O–H groups in total. The second-order valence-electron chi connectivity index (χ2n) is 9.68. The van der Waals surface area contributed by atoms with Crippen molar-refractivity contribution < 1.29 is 24.4 Å². The zero-order valence-corrected chi connectivity index (χ0v) is 21.4. The van der Waals surface area contributed by atoms with Crippen molar-refractivity contribution in [3.63, 3.8) is 0 Å². The third kappa shape index (κ3) is 5.91. The number of rotatable bonds is 10. The number of carbonyl (C=O) groups excluding carboxylic acids is 2. The number of carbonyl (C=O) groups is 2. The van der Waals surface area contributed by atoms with Crippen molar-refractivity contribution in [2.75, 3.05) is 33.8 Å². The van der Waals surface area contributed by atoms with Gasteiger partial charge in [0.05, 0.1) is 23.1 Å². The number of nitro benzene ring substituents is 1. The summed E-state index contributed by atoms with van der Waals surface area (Å²) in [5.74, 6) is -0.878. The molecule has 1 aliphatic heterocycles. The van der Waals surface area contributed by atoms with Crippen molar-refractivity contribution in [1.29, 1.82) is 0 Å². The number of nitrogens with zero attached hydrogens (tertiary/aromatic N) is 3. The average Bonchev–Trinajstić information content (AvgIpc) is 3.07. The number of likely N-dealkylation sites (tertiary alicyclic amines) is 1. The number of aryl methyl sites for hydroxylation is 1. The normalized spacial score (nSPS) is 17.3. The molecule has 9 nitrogen and oxygen atoms in total. The van der Waals surface area contributed by atoms with Crippen LogP contribution >= 0.6 is 0 Å². The van der Waals surface area contributed by atoms with E-state index in [0.29, 0.717) is 47.9 Å². The fourth-order valence-electron chi connectivity index (χ4n) is 4.22. The van der Waals surface area contributed by atoms with Gasteiger partial charge in [0.1, 0.15) is 11.5 Å². The maximum absolute atomic E-state index is 13.2. The van der Waals surface area contributed by atoms with Crippen molar-refractivity contribution in [3.05, 3.63) is 74.8 Å². The highest BCUT2D eigenvalue weighted by atomic mass is 16.6. The molecular weight excluding hydrogens is 462 g/mol. The van der Waals surface area contributed by atoms with Crippen molar-refractivity contribution >= 4 is 23.1 Å².